The van der Waals surface area contributed by atoms with E-state index in [4.69, 9.17) is 15.6 Å². The van der Waals surface area contributed by atoms with Crippen LogP contribution < -0.4 is 5.73 Å². The maximum Gasteiger partial charge on any atom is 0.123 e. The minimum atomic E-state index is -1.47. The minimum Gasteiger partial charge on any atom is -0.394 e. The number of aliphatic hydroxyl groups is 3. The zero-order valence-corrected chi connectivity index (χ0v) is 9.45. The summed E-state index contributed by atoms with van der Waals surface area (Å²) in [5.41, 5.74) is 4.61. The number of anilines is 1. The van der Waals surface area contributed by atoms with Crippen molar-refractivity contribution < 1.29 is 20.1 Å². The molecule has 2 rings (SSSR count). The van der Waals surface area contributed by atoms with Gasteiger partial charge in [0.25, 0.3) is 0 Å². The molecule has 0 saturated carbocycles. The molecule has 94 valence electrons. The van der Waals surface area contributed by atoms with Gasteiger partial charge in [0.2, 0.25) is 0 Å². The molecule has 0 radical (unpaired) electrons. The topological polar surface area (TPSA) is 109 Å². The first kappa shape index (κ1) is 12.3. The second-order valence-electron chi connectivity index (χ2n) is 4.42. The molecule has 0 aromatic carbocycles. The summed E-state index contributed by atoms with van der Waals surface area (Å²) in [6.45, 7) is 1.12. The van der Waals surface area contributed by atoms with Crippen molar-refractivity contribution >= 4 is 5.82 Å². The lowest BCUT2D eigenvalue weighted by atomic mass is 9.89. The van der Waals surface area contributed by atoms with Crippen LogP contribution in [0.5, 0.6) is 0 Å². The van der Waals surface area contributed by atoms with Gasteiger partial charge in [-0.2, -0.15) is 0 Å². The van der Waals surface area contributed by atoms with E-state index in [-0.39, 0.29) is 6.61 Å². The fraction of sp³-hybridized carbons (Fsp3) is 0.545. The van der Waals surface area contributed by atoms with Gasteiger partial charge in [0, 0.05) is 11.8 Å². The second-order valence-corrected chi connectivity index (χ2v) is 4.42. The van der Waals surface area contributed by atoms with Gasteiger partial charge in [-0.05, 0) is 13.0 Å². The van der Waals surface area contributed by atoms with Gasteiger partial charge in [-0.15, -0.1) is 0 Å². The van der Waals surface area contributed by atoms with Crippen molar-refractivity contribution in [2.75, 3.05) is 12.3 Å². The Bertz CT molecular complexity index is 393. The van der Waals surface area contributed by atoms with Crippen molar-refractivity contribution in [3.05, 3.63) is 23.9 Å². The van der Waals surface area contributed by atoms with Gasteiger partial charge in [0.15, 0.2) is 0 Å². The highest BCUT2D eigenvalue weighted by Crippen LogP contribution is 2.41. The van der Waals surface area contributed by atoms with Gasteiger partial charge in [-0.3, -0.25) is 0 Å². The number of ether oxygens (including phenoxy) is 1. The molecule has 1 fully saturated rings. The predicted octanol–water partition coefficient (Wildman–Crippen LogP) is -0.792. The minimum absolute atomic E-state index is 0.351. The molecule has 1 aromatic heterocycles. The van der Waals surface area contributed by atoms with Gasteiger partial charge >= 0.3 is 0 Å². The summed E-state index contributed by atoms with van der Waals surface area (Å²) in [4.78, 5) is 3.91. The molecule has 4 atom stereocenters. The lowest BCUT2D eigenvalue weighted by Gasteiger charge is -2.26. The zero-order valence-electron chi connectivity index (χ0n) is 9.45. The summed E-state index contributed by atoms with van der Waals surface area (Å²) in [6.07, 6.45) is -1.19. The summed E-state index contributed by atoms with van der Waals surface area (Å²) in [7, 11) is 0. The highest BCUT2D eigenvalue weighted by atomic mass is 16.6. The number of hydrogen-bond acceptors (Lipinski definition) is 6. The third kappa shape index (κ3) is 2.00. The number of nitrogens with zero attached hydrogens (tertiary/aromatic N) is 1. The SMILES string of the molecule is C[C@]1(O)C(c2ccc(N)nc2)O[C@H](CO)[C@H]1O. The molecule has 1 aliphatic heterocycles. The molecule has 0 spiro atoms. The fourth-order valence-electron chi connectivity index (χ4n) is 2.05. The number of aliphatic hydroxyl groups excluding tert-OH is 2. The summed E-state index contributed by atoms with van der Waals surface area (Å²) in [5.74, 6) is 0.366. The van der Waals surface area contributed by atoms with Gasteiger partial charge in [-0.25, -0.2) is 4.98 Å². The van der Waals surface area contributed by atoms with E-state index in [0.717, 1.165) is 0 Å². The number of rotatable bonds is 2. The highest BCUT2D eigenvalue weighted by molar-refractivity contribution is 5.31. The molecule has 0 amide bonds. The van der Waals surface area contributed by atoms with Gasteiger partial charge in [0.05, 0.1) is 6.61 Å². The first-order valence-electron chi connectivity index (χ1n) is 5.35. The van der Waals surface area contributed by atoms with Crippen LogP contribution in [0.3, 0.4) is 0 Å². The van der Waals surface area contributed by atoms with Crippen molar-refractivity contribution in [3.8, 4) is 0 Å². The Kier molecular flexibility index (Phi) is 3.05. The largest absolute Gasteiger partial charge is 0.394 e. The monoisotopic (exact) mass is 240 g/mol. The van der Waals surface area contributed by atoms with Crippen molar-refractivity contribution in [2.24, 2.45) is 0 Å². The fourth-order valence-corrected chi connectivity index (χ4v) is 2.05. The molecule has 6 heteroatoms. The predicted molar refractivity (Wildman–Crippen MR) is 60.0 cm³/mol. The summed E-state index contributed by atoms with van der Waals surface area (Å²) < 4.78 is 5.43. The van der Waals surface area contributed by atoms with Crippen LogP contribution in [-0.2, 0) is 4.74 Å². The standard InChI is InChI=1S/C11H16N2O4/c1-11(16)9(15)7(5-14)17-10(11)6-2-3-8(12)13-4-6/h2-4,7,9-10,14-16H,5H2,1H3,(H2,12,13)/t7-,9-,10?,11-/m1/s1. The molecule has 1 aromatic rings. The number of nitrogen functional groups attached to an aromatic ring is 1. The van der Waals surface area contributed by atoms with Crippen LogP contribution >= 0.6 is 0 Å². The molecule has 0 bridgehead atoms. The smallest absolute Gasteiger partial charge is 0.123 e. The summed E-state index contributed by atoms with van der Waals surface area (Å²) >= 11 is 0. The lowest BCUT2D eigenvalue weighted by molar-refractivity contribution is -0.0646. The van der Waals surface area contributed by atoms with Crippen LogP contribution in [0.4, 0.5) is 5.82 Å². The number of aromatic nitrogens is 1. The van der Waals surface area contributed by atoms with Gasteiger partial charge in [0.1, 0.15) is 29.7 Å². The molecule has 17 heavy (non-hydrogen) atoms. The van der Waals surface area contributed by atoms with E-state index in [1.165, 1.54) is 13.1 Å². The van der Waals surface area contributed by atoms with Crippen molar-refractivity contribution in [3.63, 3.8) is 0 Å². The van der Waals surface area contributed by atoms with Crippen molar-refractivity contribution in [2.45, 2.75) is 30.8 Å². The van der Waals surface area contributed by atoms with E-state index in [2.05, 4.69) is 4.98 Å². The maximum atomic E-state index is 10.2. The molecule has 0 aliphatic carbocycles. The van der Waals surface area contributed by atoms with Crippen LogP contribution in [-0.4, -0.2) is 44.7 Å². The number of pyridine rings is 1. The molecular formula is C11H16N2O4. The quantitative estimate of drug-likeness (QED) is 0.539. The van der Waals surface area contributed by atoms with Crippen molar-refractivity contribution in [1.29, 1.82) is 0 Å². The molecular weight excluding hydrogens is 224 g/mol. The Hall–Kier alpha value is -1.21. The summed E-state index contributed by atoms with van der Waals surface area (Å²) in [5, 5.41) is 29.1. The van der Waals surface area contributed by atoms with E-state index in [1.54, 1.807) is 12.1 Å². The van der Waals surface area contributed by atoms with E-state index in [1.807, 2.05) is 0 Å². The molecule has 2 heterocycles. The Morgan fingerprint density at radius 2 is 2.24 bits per heavy atom. The first-order chi connectivity index (χ1) is 7.96. The zero-order chi connectivity index (χ0) is 12.6. The van der Waals surface area contributed by atoms with Crippen LogP contribution in [0.25, 0.3) is 0 Å². The molecule has 1 aliphatic rings. The Labute approximate surface area is 98.7 Å². The number of nitrogens with two attached hydrogens (primary N) is 1. The normalized spacial score (nSPS) is 37.3. The van der Waals surface area contributed by atoms with Crippen LogP contribution in [0.2, 0.25) is 0 Å². The van der Waals surface area contributed by atoms with E-state index in [9.17, 15) is 10.2 Å². The Morgan fingerprint density at radius 3 is 2.71 bits per heavy atom. The third-order valence-corrected chi connectivity index (χ3v) is 3.08. The van der Waals surface area contributed by atoms with Gasteiger partial charge < -0.3 is 25.8 Å². The van der Waals surface area contributed by atoms with Crippen LogP contribution in [0.1, 0.15) is 18.6 Å². The molecule has 6 nitrogen and oxygen atoms in total. The lowest BCUT2D eigenvalue weighted by Crippen LogP contribution is -2.43. The molecule has 1 unspecified atom stereocenters. The average Bonchev–Trinajstić information content (AvgIpc) is 2.53. The van der Waals surface area contributed by atoms with Crippen LogP contribution in [0.15, 0.2) is 18.3 Å². The first-order valence-corrected chi connectivity index (χ1v) is 5.35. The summed E-state index contributed by atoms with van der Waals surface area (Å²) in [6, 6.07) is 3.27. The maximum absolute atomic E-state index is 10.2. The highest BCUT2D eigenvalue weighted by Gasteiger charge is 2.52. The van der Waals surface area contributed by atoms with E-state index >= 15 is 0 Å². The molecule has 1 saturated heterocycles. The third-order valence-electron chi connectivity index (χ3n) is 3.08. The van der Waals surface area contributed by atoms with Crippen LogP contribution in [0, 0.1) is 0 Å². The second kappa shape index (κ2) is 4.23. The Morgan fingerprint density at radius 1 is 1.53 bits per heavy atom. The van der Waals surface area contributed by atoms with E-state index < -0.39 is 23.9 Å². The number of hydrogen-bond donors (Lipinski definition) is 4. The van der Waals surface area contributed by atoms with E-state index in [0.29, 0.717) is 11.4 Å². The molecule has 5 N–H and O–H groups in total. The van der Waals surface area contributed by atoms with Gasteiger partial charge in [-0.1, -0.05) is 6.07 Å². The average molecular weight is 240 g/mol. The van der Waals surface area contributed by atoms with Crippen molar-refractivity contribution in [1.82, 2.24) is 4.98 Å². The Balaban J connectivity index is 2.30.